The molecule has 1 fully saturated rings. The molecule has 0 spiro atoms. The highest BCUT2D eigenvalue weighted by Gasteiger charge is 2.11. The van der Waals surface area contributed by atoms with Gasteiger partial charge in [0.25, 0.3) is 5.91 Å². The van der Waals surface area contributed by atoms with Crippen molar-refractivity contribution in [3.8, 4) is 0 Å². The van der Waals surface area contributed by atoms with Gasteiger partial charge in [-0.2, -0.15) is 0 Å². The summed E-state index contributed by atoms with van der Waals surface area (Å²) in [5.41, 5.74) is 2.98. The Balaban J connectivity index is 1.52. The molecule has 1 aromatic heterocycles. The van der Waals surface area contributed by atoms with Gasteiger partial charge in [-0.25, -0.2) is 0 Å². The fraction of sp³-hybridized carbons (Fsp3) is 0.368. The summed E-state index contributed by atoms with van der Waals surface area (Å²) in [6.07, 6.45) is 7.45. The first-order valence-corrected chi connectivity index (χ1v) is 8.30. The molecule has 0 aliphatic carbocycles. The van der Waals surface area contributed by atoms with Crippen LogP contribution in [0.1, 0.15) is 40.7 Å². The van der Waals surface area contributed by atoms with E-state index in [1.165, 1.54) is 37.9 Å². The third-order valence-corrected chi connectivity index (χ3v) is 4.25. The maximum atomic E-state index is 12.2. The van der Waals surface area contributed by atoms with Gasteiger partial charge >= 0.3 is 0 Å². The second kappa shape index (κ2) is 7.88. The van der Waals surface area contributed by atoms with Gasteiger partial charge in [0.1, 0.15) is 0 Å². The van der Waals surface area contributed by atoms with Crippen molar-refractivity contribution >= 4 is 5.91 Å². The van der Waals surface area contributed by atoms with Crippen molar-refractivity contribution in [3.05, 3.63) is 65.5 Å². The molecule has 0 saturated carbocycles. The van der Waals surface area contributed by atoms with Crippen LogP contribution in [0.2, 0.25) is 0 Å². The van der Waals surface area contributed by atoms with Gasteiger partial charge in [0, 0.05) is 31.0 Å². The van der Waals surface area contributed by atoms with E-state index in [-0.39, 0.29) is 5.91 Å². The lowest BCUT2D eigenvalue weighted by atomic mass is 10.1. The number of nitrogens with zero attached hydrogens (tertiary/aromatic N) is 2. The number of likely N-dealkylation sites (tertiary alicyclic amines) is 1. The fourth-order valence-electron chi connectivity index (χ4n) is 2.92. The third-order valence-electron chi connectivity index (χ3n) is 4.25. The molecule has 0 atom stereocenters. The number of hydrogen-bond donors (Lipinski definition) is 1. The van der Waals surface area contributed by atoms with Crippen LogP contribution in [-0.4, -0.2) is 28.9 Å². The molecule has 120 valence electrons. The summed E-state index contributed by atoms with van der Waals surface area (Å²) in [7, 11) is 0. The van der Waals surface area contributed by atoms with Gasteiger partial charge in [-0.05, 0) is 55.3 Å². The Morgan fingerprint density at radius 3 is 2.52 bits per heavy atom. The largest absolute Gasteiger partial charge is 0.348 e. The zero-order valence-corrected chi connectivity index (χ0v) is 13.4. The third kappa shape index (κ3) is 4.63. The molecule has 1 aromatic carbocycles. The molecule has 3 rings (SSSR count). The number of carbonyl (C=O) groups is 1. The number of amides is 1. The minimum atomic E-state index is -0.0432. The van der Waals surface area contributed by atoms with Crippen molar-refractivity contribution in [2.24, 2.45) is 0 Å². The van der Waals surface area contributed by atoms with Gasteiger partial charge in [-0.1, -0.05) is 24.6 Å². The van der Waals surface area contributed by atoms with E-state index in [1.807, 2.05) is 24.3 Å². The number of rotatable bonds is 5. The number of pyridine rings is 1. The van der Waals surface area contributed by atoms with E-state index < -0.39 is 0 Å². The molecule has 0 bridgehead atoms. The molecule has 1 saturated heterocycles. The molecule has 23 heavy (non-hydrogen) atoms. The van der Waals surface area contributed by atoms with E-state index in [4.69, 9.17) is 0 Å². The maximum Gasteiger partial charge on any atom is 0.251 e. The molecule has 4 heteroatoms. The van der Waals surface area contributed by atoms with Crippen LogP contribution in [0.25, 0.3) is 0 Å². The Labute approximate surface area is 137 Å². The quantitative estimate of drug-likeness (QED) is 0.923. The number of hydrogen-bond acceptors (Lipinski definition) is 3. The molecule has 1 aliphatic rings. The predicted molar refractivity (Wildman–Crippen MR) is 91.0 cm³/mol. The Morgan fingerprint density at radius 1 is 1.04 bits per heavy atom. The number of aromatic nitrogens is 1. The number of carbonyl (C=O) groups excluding carboxylic acids is 1. The molecular weight excluding hydrogens is 286 g/mol. The van der Waals surface area contributed by atoms with E-state index >= 15 is 0 Å². The zero-order chi connectivity index (χ0) is 15.9. The van der Waals surface area contributed by atoms with Gasteiger partial charge in [-0.15, -0.1) is 0 Å². The van der Waals surface area contributed by atoms with Crippen LogP contribution in [0, 0.1) is 0 Å². The molecular formula is C19H23N3O. The highest BCUT2D eigenvalue weighted by atomic mass is 16.1. The zero-order valence-electron chi connectivity index (χ0n) is 13.4. The number of piperidine rings is 1. The van der Waals surface area contributed by atoms with E-state index in [0.29, 0.717) is 12.1 Å². The van der Waals surface area contributed by atoms with E-state index in [9.17, 15) is 4.79 Å². The molecule has 1 amide bonds. The second-order valence-corrected chi connectivity index (χ2v) is 6.08. The average Bonchev–Trinajstić information content (AvgIpc) is 2.62. The monoisotopic (exact) mass is 309 g/mol. The summed E-state index contributed by atoms with van der Waals surface area (Å²) < 4.78 is 0. The van der Waals surface area contributed by atoms with Crippen LogP contribution >= 0.6 is 0 Å². The summed E-state index contributed by atoms with van der Waals surface area (Å²) >= 11 is 0. The fourth-order valence-corrected chi connectivity index (χ4v) is 2.92. The Bertz CT molecular complexity index is 619. The first-order chi connectivity index (χ1) is 11.3. The highest BCUT2D eigenvalue weighted by Crippen LogP contribution is 2.13. The Hall–Kier alpha value is -2.20. The Kier molecular flexibility index (Phi) is 5.37. The predicted octanol–water partition coefficient (Wildman–Crippen LogP) is 3.00. The summed E-state index contributed by atoms with van der Waals surface area (Å²) in [4.78, 5) is 18.7. The lowest BCUT2D eigenvalue weighted by molar-refractivity contribution is 0.0951. The summed E-state index contributed by atoms with van der Waals surface area (Å²) in [6, 6.07) is 11.8. The number of nitrogens with one attached hydrogen (secondary N) is 1. The molecule has 1 aliphatic heterocycles. The second-order valence-electron chi connectivity index (χ2n) is 6.08. The lowest BCUT2D eigenvalue weighted by Crippen LogP contribution is -2.29. The van der Waals surface area contributed by atoms with Gasteiger partial charge in [0.2, 0.25) is 0 Å². The van der Waals surface area contributed by atoms with Gasteiger partial charge in [-0.3, -0.25) is 14.7 Å². The first-order valence-electron chi connectivity index (χ1n) is 8.30. The molecule has 4 nitrogen and oxygen atoms in total. The van der Waals surface area contributed by atoms with Gasteiger partial charge < -0.3 is 5.32 Å². The SMILES string of the molecule is O=C(NCc1cccnc1)c1ccc(CN2CCCCC2)cc1. The van der Waals surface area contributed by atoms with Crippen molar-refractivity contribution in [1.82, 2.24) is 15.2 Å². The van der Waals surface area contributed by atoms with Crippen molar-refractivity contribution in [3.63, 3.8) is 0 Å². The van der Waals surface area contributed by atoms with Gasteiger partial charge in [0.05, 0.1) is 0 Å². The van der Waals surface area contributed by atoms with E-state index in [0.717, 1.165) is 12.1 Å². The highest BCUT2D eigenvalue weighted by molar-refractivity contribution is 5.94. The van der Waals surface area contributed by atoms with Crippen LogP contribution in [0.4, 0.5) is 0 Å². The summed E-state index contributed by atoms with van der Waals surface area (Å²) in [6.45, 7) is 3.86. The van der Waals surface area contributed by atoms with Crippen LogP contribution in [0.3, 0.4) is 0 Å². The van der Waals surface area contributed by atoms with E-state index in [1.54, 1.807) is 12.4 Å². The first kappa shape index (κ1) is 15.7. The van der Waals surface area contributed by atoms with Crippen molar-refractivity contribution in [1.29, 1.82) is 0 Å². The molecule has 0 radical (unpaired) electrons. The van der Waals surface area contributed by atoms with Gasteiger partial charge in [0.15, 0.2) is 0 Å². The Morgan fingerprint density at radius 2 is 1.83 bits per heavy atom. The molecule has 2 heterocycles. The lowest BCUT2D eigenvalue weighted by Gasteiger charge is -2.26. The standard InChI is InChI=1S/C19H23N3O/c23-19(21-14-17-5-4-10-20-13-17)18-8-6-16(7-9-18)15-22-11-2-1-3-12-22/h4-10,13H,1-3,11-12,14-15H2,(H,21,23). The van der Waals surface area contributed by atoms with Crippen molar-refractivity contribution in [2.75, 3.05) is 13.1 Å². The molecule has 0 unspecified atom stereocenters. The average molecular weight is 309 g/mol. The molecule has 2 aromatic rings. The number of benzene rings is 1. The smallest absolute Gasteiger partial charge is 0.251 e. The molecule has 1 N–H and O–H groups in total. The van der Waals surface area contributed by atoms with Crippen molar-refractivity contribution in [2.45, 2.75) is 32.4 Å². The van der Waals surface area contributed by atoms with Crippen LogP contribution < -0.4 is 5.32 Å². The minimum Gasteiger partial charge on any atom is -0.348 e. The van der Waals surface area contributed by atoms with E-state index in [2.05, 4.69) is 27.3 Å². The summed E-state index contributed by atoms with van der Waals surface area (Å²) in [5, 5.41) is 2.93. The summed E-state index contributed by atoms with van der Waals surface area (Å²) in [5.74, 6) is -0.0432. The maximum absolute atomic E-state index is 12.2. The minimum absolute atomic E-state index is 0.0432. The van der Waals surface area contributed by atoms with Crippen LogP contribution in [0.5, 0.6) is 0 Å². The topological polar surface area (TPSA) is 45.2 Å². The van der Waals surface area contributed by atoms with Crippen LogP contribution in [-0.2, 0) is 13.1 Å². The van der Waals surface area contributed by atoms with Crippen molar-refractivity contribution < 1.29 is 4.79 Å². The van der Waals surface area contributed by atoms with Crippen LogP contribution in [0.15, 0.2) is 48.8 Å². The normalized spacial score (nSPS) is 15.3.